The summed E-state index contributed by atoms with van der Waals surface area (Å²) in [4.78, 5) is 9.73. The van der Waals surface area contributed by atoms with Gasteiger partial charge in [-0.1, -0.05) is 39.0 Å². The summed E-state index contributed by atoms with van der Waals surface area (Å²) in [7, 11) is 1.74. The van der Waals surface area contributed by atoms with E-state index < -0.39 is 0 Å². The molecule has 4 heteroatoms. The van der Waals surface area contributed by atoms with Crippen LogP contribution in [0.1, 0.15) is 41.0 Å². The second kappa shape index (κ2) is 8.79. The summed E-state index contributed by atoms with van der Waals surface area (Å²) in [5, 5.41) is 0. The molecule has 1 aromatic carbocycles. The van der Waals surface area contributed by atoms with Crippen molar-refractivity contribution in [2.24, 2.45) is 16.3 Å². The molecule has 1 aromatic rings. The van der Waals surface area contributed by atoms with E-state index in [1.165, 1.54) is 0 Å². The first kappa shape index (κ1) is 18.5. The van der Waals surface area contributed by atoms with Crippen LogP contribution in [0.3, 0.4) is 0 Å². The highest BCUT2D eigenvalue weighted by Crippen LogP contribution is 2.31. The van der Waals surface area contributed by atoms with Crippen molar-refractivity contribution in [2.45, 2.75) is 47.1 Å². The normalized spacial score (nSPS) is 15.3. The zero-order valence-corrected chi connectivity index (χ0v) is 14.7. The van der Waals surface area contributed by atoms with E-state index in [2.05, 4.69) is 38.2 Å². The molecule has 2 unspecified atom stereocenters. The molecule has 1 rings (SSSR count). The summed E-state index contributed by atoms with van der Waals surface area (Å²) in [6.07, 6.45) is 1.09. The topological polar surface area (TPSA) is 42.9 Å². The second-order valence-electron chi connectivity index (χ2n) is 6.59. The number of hydroxylamine groups is 1. The van der Waals surface area contributed by atoms with Crippen LogP contribution >= 0.6 is 0 Å². The van der Waals surface area contributed by atoms with Crippen LogP contribution in [0, 0.1) is 11.3 Å². The van der Waals surface area contributed by atoms with E-state index >= 15 is 0 Å². The van der Waals surface area contributed by atoms with Gasteiger partial charge < -0.3 is 4.74 Å². The predicted octanol–water partition coefficient (Wildman–Crippen LogP) is 4.08. The number of nitrogens with one attached hydrogen (secondary N) is 1. The van der Waals surface area contributed by atoms with Crippen molar-refractivity contribution in [3.05, 3.63) is 30.3 Å². The van der Waals surface area contributed by atoms with Gasteiger partial charge in [0, 0.05) is 7.05 Å². The van der Waals surface area contributed by atoms with Crippen LogP contribution < -0.4 is 10.2 Å². The van der Waals surface area contributed by atoms with Crippen LogP contribution in [-0.2, 0) is 4.84 Å². The summed E-state index contributed by atoms with van der Waals surface area (Å²) >= 11 is 0. The summed E-state index contributed by atoms with van der Waals surface area (Å²) in [5.41, 5.74) is 2.93. The lowest BCUT2D eigenvalue weighted by Gasteiger charge is -2.33. The molecular weight excluding hydrogens is 276 g/mol. The number of para-hydroxylation sites is 1. The van der Waals surface area contributed by atoms with E-state index in [0.29, 0.717) is 12.5 Å². The fourth-order valence-electron chi connectivity index (χ4n) is 2.26. The van der Waals surface area contributed by atoms with Crippen molar-refractivity contribution in [3.63, 3.8) is 0 Å². The van der Waals surface area contributed by atoms with Crippen molar-refractivity contribution >= 4 is 5.84 Å². The molecule has 0 saturated carbocycles. The molecule has 0 aliphatic carbocycles. The first-order valence-corrected chi connectivity index (χ1v) is 7.88. The Morgan fingerprint density at radius 3 is 2.45 bits per heavy atom. The summed E-state index contributed by atoms with van der Waals surface area (Å²) in [5.74, 6) is 2.15. The van der Waals surface area contributed by atoms with E-state index in [4.69, 9.17) is 9.57 Å². The molecule has 1 N–H and O–H groups in total. The molecule has 0 aliphatic heterocycles. The highest BCUT2D eigenvalue weighted by Gasteiger charge is 2.29. The minimum absolute atomic E-state index is 0.0421. The van der Waals surface area contributed by atoms with Crippen LogP contribution in [0.5, 0.6) is 5.75 Å². The van der Waals surface area contributed by atoms with Gasteiger partial charge >= 0.3 is 0 Å². The molecule has 124 valence electrons. The first-order valence-electron chi connectivity index (χ1n) is 7.88. The Morgan fingerprint density at radius 2 is 1.86 bits per heavy atom. The molecule has 0 spiro atoms. The smallest absolute Gasteiger partial charge is 0.119 e. The maximum atomic E-state index is 5.83. The average molecular weight is 306 g/mol. The van der Waals surface area contributed by atoms with Crippen LogP contribution in [-0.4, -0.2) is 25.6 Å². The van der Waals surface area contributed by atoms with Crippen LogP contribution in [0.4, 0.5) is 0 Å². The Labute approximate surface area is 134 Å². The summed E-state index contributed by atoms with van der Waals surface area (Å²) in [6.45, 7) is 11.3. The fourth-order valence-corrected chi connectivity index (χ4v) is 2.26. The van der Waals surface area contributed by atoms with Gasteiger partial charge in [0.15, 0.2) is 0 Å². The number of hydrogen-bond donors (Lipinski definition) is 1. The Bertz CT molecular complexity index is 457. The highest BCUT2D eigenvalue weighted by atomic mass is 16.7. The standard InChI is InChI=1S/C18H30N2O2/c1-14(13-21-17-10-8-7-9-11-17)12-18(4,5)15(2)22-20-16(3)19-6/h7-11,14-15H,12-13H2,1-6H3,(H,19,20). The number of amidine groups is 1. The van der Waals surface area contributed by atoms with Gasteiger partial charge in [-0.05, 0) is 43.7 Å². The highest BCUT2D eigenvalue weighted by molar-refractivity contribution is 5.78. The van der Waals surface area contributed by atoms with E-state index in [9.17, 15) is 0 Å². The lowest BCUT2D eigenvalue weighted by atomic mass is 9.79. The molecule has 2 atom stereocenters. The minimum Gasteiger partial charge on any atom is -0.493 e. The maximum Gasteiger partial charge on any atom is 0.119 e. The number of rotatable bonds is 8. The monoisotopic (exact) mass is 306 g/mol. The predicted molar refractivity (Wildman–Crippen MR) is 92.2 cm³/mol. The van der Waals surface area contributed by atoms with Crippen molar-refractivity contribution in [2.75, 3.05) is 13.7 Å². The third-order valence-corrected chi connectivity index (χ3v) is 3.97. The quantitative estimate of drug-likeness (QED) is 0.447. The summed E-state index contributed by atoms with van der Waals surface area (Å²) in [6, 6.07) is 9.94. The van der Waals surface area contributed by atoms with Gasteiger partial charge in [0.25, 0.3) is 0 Å². The third-order valence-electron chi connectivity index (χ3n) is 3.97. The number of hydrogen-bond acceptors (Lipinski definition) is 3. The molecule has 0 heterocycles. The molecule has 0 aromatic heterocycles. The fraction of sp³-hybridized carbons (Fsp3) is 0.611. The van der Waals surface area contributed by atoms with E-state index in [1.807, 2.05) is 37.3 Å². The molecule has 0 fully saturated rings. The summed E-state index contributed by atoms with van der Waals surface area (Å²) < 4.78 is 5.83. The zero-order chi connectivity index (χ0) is 16.6. The van der Waals surface area contributed by atoms with Crippen LogP contribution in [0.15, 0.2) is 35.3 Å². The maximum absolute atomic E-state index is 5.83. The third kappa shape index (κ3) is 6.48. The lowest BCUT2D eigenvalue weighted by Crippen LogP contribution is -2.37. The van der Waals surface area contributed by atoms with Crippen molar-refractivity contribution in [3.8, 4) is 5.75 Å². The van der Waals surface area contributed by atoms with Gasteiger partial charge in [0.2, 0.25) is 0 Å². The van der Waals surface area contributed by atoms with Gasteiger partial charge in [-0.3, -0.25) is 15.3 Å². The van der Waals surface area contributed by atoms with Gasteiger partial charge in [-0.15, -0.1) is 0 Å². The van der Waals surface area contributed by atoms with Crippen molar-refractivity contribution in [1.29, 1.82) is 0 Å². The minimum atomic E-state index is 0.0421. The van der Waals surface area contributed by atoms with E-state index in [-0.39, 0.29) is 11.5 Å². The largest absolute Gasteiger partial charge is 0.493 e. The average Bonchev–Trinajstić information content (AvgIpc) is 2.50. The molecule has 0 saturated heterocycles. The SMILES string of the molecule is CN=C(C)NOC(C)C(C)(C)CC(C)COc1ccccc1. The first-order chi connectivity index (χ1) is 10.3. The Morgan fingerprint density at radius 1 is 1.23 bits per heavy atom. The van der Waals surface area contributed by atoms with Crippen molar-refractivity contribution < 1.29 is 9.57 Å². The lowest BCUT2D eigenvalue weighted by molar-refractivity contribution is -0.0564. The van der Waals surface area contributed by atoms with E-state index in [0.717, 1.165) is 18.0 Å². The van der Waals surface area contributed by atoms with Gasteiger partial charge in [-0.2, -0.15) is 0 Å². The zero-order valence-electron chi connectivity index (χ0n) is 14.7. The van der Waals surface area contributed by atoms with E-state index in [1.54, 1.807) is 7.05 Å². The Kier molecular flexibility index (Phi) is 7.39. The Balaban J connectivity index is 2.41. The number of ether oxygens (including phenoxy) is 1. The molecule has 0 amide bonds. The van der Waals surface area contributed by atoms with Gasteiger partial charge in [0.1, 0.15) is 11.6 Å². The number of nitrogens with zero attached hydrogens (tertiary/aromatic N) is 1. The van der Waals surface area contributed by atoms with Gasteiger partial charge in [0.05, 0.1) is 12.7 Å². The molecule has 0 bridgehead atoms. The second-order valence-corrected chi connectivity index (χ2v) is 6.59. The van der Waals surface area contributed by atoms with Crippen molar-refractivity contribution in [1.82, 2.24) is 5.48 Å². The molecule has 22 heavy (non-hydrogen) atoms. The molecule has 0 aliphatic rings. The number of benzene rings is 1. The van der Waals surface area contributed by atoms with Crippen LogP contribution in [0.25, 0.3) is 0 Å². The molecule has 0 radical (unpaired) electrons. The molecular formula is C18H30N2O2. The molecule has 4 nitrogen and oxygen atoms in total. The van der Waals surface area contributed by atoms with Crippen LogP contribution in [0.2, 0.25) is 0 Å². The number of aliphatic imine (C=N–C) groups is 1. The van der Waals surface area contributed by atoms with Gasteiger partial charge in [-0.25, -0.2) is 0 Å². The Hall–Kier alpha value is -1.55.